The predicted octanol–water partition coefficient (Wildman–Crippen LogP) is 0.832. The molecule has 16 nitrogen and oxygen atoms in total. The molecule has 0 spiro atoms. The number of ether oxygens (including phenoxy) is 9. The zero-order chi connectivity index (χ0) is 34.4. The Labute approximate surface area is 283 Å². The molecule has 0 saturated heterocycles. The SMILES string of the molecule is CCO[Si](CCCNC(=O)NCCOCCOCCOCCOCCOCCOCCOCCOCCOCCN)(OCC)OCC. The van der Waals surface area contributed by atoms with Crippen LogP contribution in [0.15, 0.2) is 0 Å². The van der Waals surface area contributed by atoms with Gasteiger partial charge in [0.25, 0.3) is 0 Å². The molecular formula is C30H65N3O13Si. The molecule has 0 aromatic rings. The van der Waals surface area contributed by atoms with Crippen LogP contribution >= 0.6 is 0 Å². The molecule has 0 saturated carbocycles. The summed E-state index contributed by atoms with van der Waals surface area (Å²) < 4.78 is 66.3. The number of carbonyl (C=O) groups is 1. The van der Waals surface area contributed by atoms with Gasteiger partial charge in [-0.1, -0.05) is 0 Å². The molecule has 282 valence electrons. The highest BCUT2D eigenvalue weighted by Gasteiger charge is 2.39. The summed E-state index contributed by atoms with van der Waals surface area (Å²) >= 11 is 0. The van der Waals surface area contributed by atoms with Crippen molar-refractivity contribution < 1.29 is 60.7 Å². The Morgan fingerprint density at radius 1 is 0.468 bits per heavy atom. The zero-order valence-electron chi connectivity index (χ0n) is 29.3. The monoisotopic (exact) mass is 703 g/mol. The predicted molar refractivity (Wildman–Crippen MR) is 178 cm³/mol. The van der Waals surface area contributed by atoms with Crippen LogP contribution in [0.4, 0.5) is 4.79 Å². The molecule has 0 unspecified atom stereocenters. The van der Waals surface area contributed by atoms with Crippen LogP contribution in [0.2, 0.25) is 6.04 Å². The van der Waals surface area contributed by atoms with Crippen molar-refractivity contribution in [2.24, 2.45) is 5.73 Å². The second kappa shape index (κ2) is 37.8. The standard InChI is InChI=1S/C30H65N3O13Si/c1-4-44-47(45-5-2,46-6-3)29-7-9-32-30(34)33-10-12-36-14-16-38-18-20-40-22-24-42-26-28-43-27-25-41-23-21-39-19-17-37-15-13-35-11-8-31/h4-29,31H2,1-3H3,(H2,32,33,34). The Kier molecular flexibility index (Phi) is 36.9. The van der Waals surface area contributed by atoms with E-state index in [0.29, 0.717) is 171 Å². The fourth-order valence-corrected chi connectivity index (χ4v) is 6.36. The van der Waals surface area contributed by atoms with Crippen molar-refractivity contribution >= 4 is 14.8 Å². The van der Waals surface area contributed by atoms with E-state index in [-0.39, 0.29) is 6.03 Å². The Morgan fingerprint density at radius 2 is 0.766 bits per heavy atom. The minimum atomic E-state index is -2.68. The first-order chi connectivity index (χ1) is 23.1. The lowest BCUT2D eigenvalue weighted by Gasteiger charge is -2.28. The Bertz CT molecular complexity index is 631. The van der Waals surface area contributed by atoms with Crippen LogP contribution in [-0.4, -0.2) is 173 Å². The van der Waals surface area contributed by atoms with E-state index in [2.05, 4.69) is 10.6 Å². The highest BCUT2D eigenvalue weighted by atomic mass is 28.4. The summed E-state index contributed by atoms with van der Waals surface area (Å²) in [7, 11) is -2.68. The maximum absolute atomic E-state index is 12.0. The van der Waals surface area contributed by atoms with E-state index in [1.54, 1.807) is 0 Å². The van der Waals surface area contributed by atoms with E-state index in [0.717, 1.165) is 0 Å². The van der Waals surface area contributed by atoms with E-state index >= 15 is 0 Å². The normalized spacial score (nSPS) is 11.7. The van der Waals surface area contributed by atoms with Crippen molar-refractivity contribution in [1.29, 1.82) is 0 Å². The van der Waals surface area contributed by atoms with Gasteiger partial charge in [0.1, 0.15) is 0 Å². The summed E-state index contributed by atoms with van der Waals surface area (Å²) in [6.45, 7) is 17.7. The molecule has 4 N–H and O–H groups in total. The molecule has 0 aliphatic carbocycles. The molecule has 0 bridgehead atoms. The van der Waals surface area contributed by atoms with Crippen LogP contribution in [-0.2, 0) is 55.9 Å². The maximum Gasteiger partial charge on any atom is 0.500 e. The number of nitrogens with two attached hydrogens (primary N) is 1. The average molecular weight is 704 g/mol. The topological polar surface area (TPSA) is 178 Å². The zero-order valence-corrected chi connectivity index (χ0v) is 30.3. The van der Waals surface area contributed by atoms with Crippen LogP contribution < -0.4 is 16.4 Å². The van der Waals surface area contributed by atoms with Gasteiger partial charge in [-0.25, -0.2) is 4.79 Å². The lowest BCUT2D eigenvalue weighted by Crippen LogP contribution is -2.46. The average Bonchev–Trinajstić information content (AvgIpc) is 3.06. The van der Waals surface area contributed by atoms with Gasteiger partial charge in [0.05, 0.1) is 119 Å². The van der Waals surface area contributed by atoms with Gasteiger partial charge < -0.3 is 72.3 Å². The van der Waals surface area contributed by atoms with Crippen LogP contribution in [0.5, 0.6) is 0 Å². The Morgan fingerprint density at radius 3 is 1.09 bits per heavy atom. The van der Waals surface area contributed by atoms with Crippen molar-refractivity contribution in [3.8, 4) is 0 Å². The van der Waals surface area contributed by atoms with Gasteiger partial charge >= 0.3 is 14.8 Å². The Hall–Kier alpha value is -1.03. The summed E-state index contributed by atoms with van der Waals surface area (Å²) in [6, 6.07) is 0.416. The number of hydrogen-bond donors (Lipinski definition) is 3. The number of urea groups is 1. The molecule has 2 amide bonds. The summed E-state index contributed by atoms with van der Waals surface area (Å²) in [5.74, 6) is 0. The highest BCUT2D eigenvalue weighted by Crippen LogP contribution is 2.17. The second-order valence-corrected chi connectivity index (χ2v) is 12.3. The summed E-state index contributed by atoms with van der Waals surface area (Å²) in [4.78, 5) is 12.0. The number of carbonyl (C=O) groups excluding carboxylic acids is 1. The number of rotatable bonds is 39. The molecule has 47 heavy (non-hydrogen) atoms. The fraction of sp³-hybridized carbons (Fsp3) is 0.967. The third-order valence-electron chi connectivity index (χ3n) is 5.81. The molecule has 0 aliphatic heterocycles. The van der Waals surface area contributed by atoms with Gasteiger partial charge in [-0.3, -0.25) is 0 Å². The van der Waals surface area contributed by atoms with Crippen molar-refractivity contribution in [2.75, 3.05) is 158 Å². The second-order valence-electron chi connectivity index (χ2n) is 9.57. The molecular weight excluding hydrogens is 638 g/mol. The van der Waals surface area contributed by atoms with E-state index in [9.17, 15) is 4.79 Å². The quantitative estimate of drug-likeness (QED) is 0.0606. The smallest absolute Gasteiger partial charge is 0.378 e. The number of amides is 2. The lowest BCUT2D eigenvalue weighted by molar-refractivity contribution is -0.0248. The number of nitrogens with one attached hydrogen (secondary N) is 2. The Balaban J connectivity index is 3.31. The van der Waals surface area contributed by atoms with Gasteiger partial charge in [-0.2, -0.15) is 0 Å². The molecule has 17 heteroatoms. The van der Waals surface area contributed by atoms with Crippen LogP contribution in [0.1, 0.15) is 27.2 Å². The summed E-state index contributed by atoms with van der Waals surface area (Å²) in [5.41, 5.74) is 5.33. The molecule has 0 atom stereocenters. The molecule has 0 fully saturated rings. The third kappa shape index (κ3) is 33.3. The van der Waals surface area contributed by atoms with Crippen LogP contribution in [0.3, 0.4) is 0 Å². The molecule has 0 heterocycles. The first-order valence-electron chi connectivity index (χ1n) is 17.0. The van der Waals surface area contributed by atoms with Gasteiger partial charge in [-0.05, 0) is 27.2 Å². The minimum Gasteiger partial charge on any atom is -0.378 e. The largest absolute Gasteiger partial charge is 0.500 e. The summed E-state index contributed by atoms with van der Waals surface area (Å²) in [6.07, 6.45) is 0.708. The van der Waals surface area contributed by atoms with Crippen molar-refractivity contribution in [1.82, 2.24) is 10.6 Å². The lowest BCUT2D eigenvalue weighted by atomic mass is 10.5. The van der Waals surface area contributed by atoms with Crippen LogP contribution in [0.25, 0.3) is 0 Å². The molecule has 0 aromatic carbocycles. The molecule has 0 aromatic heterocycles. The van der Waals surface area contributed by atoms with Crippen molar-refractivity contribution in [2.45, 2.75) is 33.2 Å². The number of hydrogen-bond acceptors (Lipinski definition) is 14. The van der Waals surface area contributed by atoms with Gasteiger partial charge in [0.15, 0.2) is 0 Å². The van der Waals surface area contributed by atoms with E-state index < -0.39 is 8.80 Å². The fourth-order valence-electron chi connectivity index (χ4n) is 3.75. The molecule has 0 rings (SSSR count). The van der Waals surface area contributed by atoms with Gasteiger partial charge in [-0.15, -0.1) is 0 Å². The third-order valence-corrected chi connectivity index (χ3v) is 8.96. The minimum absolute atomic E-state index is 0.238. The summed E-state index contributed by atoms with van der Waals surface area (Å²) in [5, 5.41) is 5.61. The first-order valence-corrected chi connectivity index (χ1v) is 18.9. The van der Waals surface area contributed by atoms with Crippen molar-refractivity contribution in [3.63, 3.8) is 0 Å². The maximum atomic E-state index is 12.0. The van der Waals surface area contributed by atoms with E-state index in [1.165, 1.54) is 0 Å². The first kappa shape index (κ1) is 46.0. The highest BCUT2D eigenvalue weighted by molar-refractivity contribution is 6.60. The molecule has 0 aliphatic rings. The van der Waals surface area contributed by atoms with Crippen molar-refractivity contribution in [3.05, 3.63) is 0 Å². The van der Waals surface area contributed by atoms with E-state index in [4.69, 9.17) is 61.6 Å². The van der Waals surface area contributed by atoms with E-state index in [1.807, 2.05) is 20.8 Å². The van der Waals surface area contributed by atoms with Gasteiger partial charge in [0.2, 0.25) is 0 Å². The molecule has 0 radical (unpaired) electrons. The van der Waals surface area contributed by atoms with Crippen LogP contribution in [0, 0.1) is 0 Å². The van der Waals surface area contributed by atoms with Gasteiger partial charge in [0, 0.05) is 45.5 Å².